The minimum Gasteiger partial charge on any atom is -0.311 e. The van der Waals surface area contributed by atoms with Crippen LogP contribution in [0, 0.1) is 5.92 Å². The molecule has 0 amide bonds. The molecule has 0 aromatic rings. The van der Waals surface area contributed by atoms with Gasteiger partial charge in [-0.1, -0.05) is 27.2 Å². The third-order valence-electron chi connectivity index (χ3n) is 4.33. The fraction of sp³-hybridized carbons (Fsp3) is 1.00. The van der Waals surface area contributed by atoms with Gasteiger partial charge in [-0.3, -0.25) is 0 Å². The lowest BCUT2D eigenvalue weighted by molar-refractivity contribution is 0.280. The van der Waals surface area contributed by atoms with Gasteiger partial charge in [-0.25, -0.2) is 0 Å². The quantitative estimate of drug-likeness (QED) is 0.746. The summed E-state index contributed by atoms with van der Waals surface area (Å²) in [5.41, 5.74) is 0. The van der Waals surface area contributed by atoms with E-state index < -0.39 is 0 Å². The molecule has 1 rings (SSSR count). The molecule has 1 N–H and O–H groups in total. The first-order chi connectivity index (χ1) is 8.65. The molecule has 0 spiro atoms. The minimum absolute atomic E-state index is 0.683. The molecule has 0 saturated carbocycles. The fourth-order valence-electron chi connectivity index (χ4n) is 3.10. The minimum atomic E-state index is 0.683. The van der Waals surface area contributed by atoms with Crippen molar-refractivity contribution in [2.75, 3.05) is 19.6 Å². The first-order valence-electron chi connectivity index (χ1n) is 8.14. The normalized spacial score (nSPS) is 25.7. The Hall–Kier alpha value is -0.0800. The van der Waals surface area contributed by atoms with Gasteiger partial charge in [0.1, 0.15) is 0 Å². The van der Waals surface area contributed by atoms with Crippen LogP contribution >= 0.6 is 0 Å². The number of rotatable bonds is 7. The van der Waals surface area contributed by atoms with Crippen LogP contribution in [0.3, 0.4) is 0 Å². The van der Waals surface area contributed by atoms with Crippen LogP contribution in [-0.4, -0.2) is 36.6 Å². The van der Waals surface area contributed by atoms with Crippen molar-refractivity contribution in [3.63, 3.8) is 0 Å². The third-order valence-corrected chi connectivity index (χ3v) is 4.33. The summed E-state index contributed by atoms with van der Waals surface area (Å²) in [6.07, 6.45) is 8.00. The highest BCUT2D eigenvalue weighted by atomic mass is 15.1. The van der Waals surface area contributed by atoms with E-state index in [-0.39, 0.29) is 0 Å². The summed E-state index contributed by atoms with van der Waals surface area (Å²) in [6.45, 7) is 13.2. The van der Waals surface area contributed by atoms with E-state index in [9.17, 15) is 0 Å². The summed E-state index contributed by atoms with van der Waals surface area (Å²) in [5, 5.41) is 3.86. The summed E-state index contributed by atoms with van der Waals surface area (Å²) in [4.78, 5) is 2.64. The molecule has 0 radical (unpaired) electrons. The fourth-order valence-corrected chi connectivity index (χ4v) is 3.10. The maximum absolute atomic E-state index is 3.86. The Morgan fingerprint density at radius 1 is 1.17 bits per heavy atom. The van der Waals surface area contributed by atoms with Crippen LogP contribution in [0.4, 0.5) is 0 Å². The van der Waals surface area contributed by atoms with E-state index in [1.165, 1.54) is 58.2 Å². The number of nitrogens with zero attached hydrogens (tertiary/aromatic N) is 1. The van der Waals surface area contributed by atoms with E-state index in [0.29, 0.717) is 6.04 Å². The largest absolute Gasteiger partial charge is 0.311 e. The van der Waals surface area contributed by atoms with Crippen molar-refractivity contribution >= 4 is 0 Å². The smallest absolute Gasteiger partial charge is 0.00821 e. The lowest BCUT2D eigenvalue weighted by Crippen LogP contribution is -2.38. The monoisotopic (exact) mass is 254 g/mol. The van der Waals surface area contributed by atoms with Crippen molar-refractivity contribution in [2.45, 2.75) is 78.3 Å². The van der Waals surface area contributed by atoms with Crippen LogP contribution in [0.25, 0.3) is 0 Å². The van der Waals surface area contributed by atoms with Crippen LogP contribution in [-0.2, 0) is 0 Å². The Morgan fingerprint density at radius 2 is 1.94 bits per heavy atom. The second-order valence-electron chi connectivity index (χ2n) is 6.29. The summed E-state index contributed by atoms with van der Waals surface area (Å²) in [5.74, 6) is 0.856. The number of hydrogen-bond donors (Lipinski definition) is 1. The molecule has 0 bridgehead atoms. The molecule has 1 heterocycles. The van der Waals surface area contributed by atoms with Gasteiger partial charge in [0.15, 0.2) is 0 Å². The molecule has 1 fully saturated rings. The summed E-state index contributed by atoms with van der Waals surface area (Å²) in [7, 11) is 0. The van der Waals surface area contributed by atoms with Gasteiger partial charge in [0.25, 0.3) is 0 Å². The van der Waals surface area contributed by atoms with Crippen molar-refractivity contribution in [1.29, 1.82) is 0 Å². The number of nitrogens with one attached hydrogen (secondary N) is 1. The molecule has 108 valence electrons. The van der Waals surface area contributed by atoms with Crippen LogP contribution in [0.2, 0.25) is 0 Å². The predicted molar refractivity (Wildman–Crippen MR) is 81.0 cm³/mol. The van der Waals surface area contributed by atoms with Crippen LogP contribution in [0.5, 0.6) is 0 Å². The molecule has 2 nitrogen and oxygen atoms in total. The van der Waals surface area contributed by atoms with E-state index in [1.54, 1.807) is 0 Å². The Bertz CT molecular complexity index is 205. The molecular formula is C16H34N2. The second kappa shape index (κ2) is 8.92. The molecule has 0 aromatic heterocycles. The van der Waals surface area contributed by atoms with Crippen LogP contribution in [0.1, 0.15) is 66.2 Å². The molecule has 1 aliphatic heterocycles. The van der Waals surface area contributed by atoms with Gasteiger partial charge in [0.05, 0.1) is 0 Å². The van der Waals surface area contributed by atoms with E-state index >= 15 is 0 Å². The van der Waals surface area contributed by atoms with E-state index in [2.05, 4.69) is 37.9 Å². The lowest BCUT2D eigenvalue weighted by atomic mass is 9.99. The zero-order chi connectivity index (χ0) is 13.4. The van der Waals surface area contributed by atoms with Crippen molar-refractivity contribution in [2.24, 2.45) is 5.92 Å². The van der Waals surface area contributed by atoms with Gasteiger partial charge in [0.2, 0.25) is 0 Å². The molecular weight excluding hydrogens is 220 g/mol. The summed E-state index contributed by atoms with van der Waals surface area (Å²) >= 11 is 0. The van der Waals surface area contributed by atoms with Gasteiger partial charge < -0.3 is 10.2 Å². The SMILES string of the molecule is CCCN1CCCC(NC(C)CC(C)CC)CC1. The Labute approximate surface area is 115 Å². The van der Waals surface area contributed by atoms with Crippen molar-refractivity contribution in [3.05, 3.63) is 0 Å². The van der Waals surface area contributed by atoms with Gasteiger partial charge in [-0.05, 0) is 64.6 Å². The van der Waals surface area contributed by atoms with Crippen LogP contribution < -0.4 is 5.32 Å². The Morgan fingerprint density at radius 3 is 2.61 bits per heavy atom. The zero-order valence-corrected chi connectivity index (χ0v) is 13.0. The van der Waals surface area contributed by atoms with Crippen molar-refractivity contribution in [1.82, 2.24) is 10.2 Å². The maximum atomic E-state index is 3.86. The summed E-state index contributed by atoms with van der Waals surface area (Å²) < 4.78 is 0. The van der Waals surface area contributed by atoms with E-state index in [0.717, 1.165) is 12.0 Å². The van der Waals surface area contributed by atoms with Crippen molar-refractivity contribution < 1.29 is 0 Å². The summed E-state index contributed by atoms with van der Waals surface area (Å²) in [6, 6.07) is 1.44. The molecule has 3 atom stereocenters. The standard InChI is InChI=1S/C16H34N2/c1-5-10-18-11-7-8-16(9-12-18)17-15(4)13-14(3)6-2/h14-17H,5-13H2,1-4H3. The molecule has 2 heteroatoms. The number of hydrogen-bond acceptors (Lipinski definition) is 2. The van der Waals surface area contributed by atoms with E-state index in [1.807, 2.05) is 0 Å². The van der Waals surface area contributed by atoms with Gasteiger partial charge in [-0.2, -0.15) is 0 Å². The van der Waals surface area contributed by atoms with Crippen LogP contribution in [0.15, 0.2) is 0 Å². The molecule has 1 aliphatic rings. The first kappa shape index (κ1) is 16.0. The Balaban J connectivity index is 2.26. The average Bonchev–Trinajstić information content (AvgIpc) is 2.55. The number of likely N-dealkylation sites (tertiary alicyclic amines) is 1. The Kier molecular flexibility index (Phi) is 7.92. The molecule has 3 unspecified atom stereocenters. The van der Waals surface area contributed by atoms with Crippen molar-refractivity contribution in [3.8, 4) is 0 Å². The van der Waals surface area contributed by atoms with Gasteiger partial charge >= 0.3 is 0 Å². The lowest BCUT2D eigenvalue weighted by Gasteiger charge is -2.24. The highest BCUT2D eigenvalue weighted by Gasteiger charge is 2.18. The van der Waals surface area contributed by atoms with Gasteiger partial charge in [-0.15, -0.1) is 0 Å². The zero-order valence-electron chi connectivity index (χ0n) is 13.0. The molecule has 0 aromatic carbocycles. The highest BCUT2D eigenvalue weighted by molar-refractivity contribution is 4.78. The topological polar surface area (TPSA) is 15.3 Å². The third kappa shape index (κ3) is 6.19. The van der Waals surface area contributed by atoms with Gasteiger partial charge in [0, 0.05) is 12.1 Å². The molecule has 0 aliphatic carbocycles. The first-order valence-corrected chi connectivity index (χ1v) is 8.14. The highest BCUT2D eigenvalue weighted by Crippen LogP contribution is 2.15. The molecule has 18 heavy (non-hydrogen) atoms. The van der Waals surface area contributed by atoms with E-state index in [4.69, 9.17) is 0 Å². The second-order valence-corrected chi connectivity index (χ2v) is 6.29. The maximum Gasteiger partial charge on any atom is 0.00821 e. The average molecular weight is 254 g/mol. The molecule has 1 saturated heterocycles. The predicted octanol–water partition coefficient (Wildman–Crippen LogP) is 3.67.